The van der Waals surface area contributed by atoms with Gasteiger partial charge in [0.25, 0.3) is 5.91 Å². The Kier molecular flexibility index (Phi) is 4.12. The first-order valence-electron chi connectivity index (χ1n) is 7.14. The van der Waals surface area contributed by atoms with Crippen molar-refractivity contribution in [2.24, 2.45) is 5.41 Å². The number of benzene rings is 1. The van der Waals surface area contributed by atoms with Crippen LogP contribution in [0.15, 0.2) is 24.3 Å². The SMILES string of the molecule is CCc1ccc(C(=O)N2CCC(CC)(C(=O)O)C2)cc1. The number of rotatable bonds is 4. The molecule has 1 atom stereocenters. The molecule has 108 valence electrons. The van der Waals surface area contributed by atoms with Crippen molar-refractivity contribution in [3.05, 3.63) is 35.4 Å². The van der Waals surface area contributed by atoms with Crippen LogP contribution >= 0.6 is 0 Å². The molecular formula is C16H21NO3. The highest BCUT2D eigenvalue weighted by molar-refractivity contribution is 5.95. The summed E-state index contributed by atoms with van der Waals surface area (Å²) < 4.78 is 0. The monoisotopic (exact) mass is 275 g/mol. The van der Waals surface area contributed by atoms with Crippen molar-refractivity contribution in [3.63, 3.8) is 0 Å². The van der Waals surface area contributed by atoms with Crippen LogP contribution in [-0.2, 0) is 11.2 Å². The van der Waals surface area contributed by atoms with Crippen LogP contribution in [0.25, 0.3) is 0 Å². The highest BCUT2D eigenvalue weighted by atomic mass is 16.4. The maximum absolute atomic E-state index is 12.4. The lowest BCUT2D eigenvalue weighted by Crippen LogP contribution is -2.36. The Morgan fingerprint density at radius 3 is 2.35 bits per heavy atom. The van der Waals surface area contributed by atoms with Gasteiger partial charge < -0.3 is 10.0 Å². The molecule has 0 aromatic heterocycles. The molecule has 1 aromatic carbocycles. The average Bonchev–Trinajstić information content (AvgIpc) is 2.92. The van der Waals surface area contributed by atoms with E-state index in [2.05, 4.69) is 6.92 Å². The summed E-state index contributed by atoms with van der Waals surface area (Å²) in [5.74, 6) is -0.860. The van der Waals surface area contributed by atoms with Crippen LogP contribution in [0.1, 0.15) is 42.6 Å². The van der Waals surface area contributed by atoms with Gasteiger partial charge in [0.2, 0.25) is 0 Å². The third-order valence-corrected chi connectivity index (χ3v) is 4.38. The summed E-state index contributed by atoms with van der Waals surface area (Å²) in [4.78, 5) is 25.5. The largest absolute Gasteiger partial charge is 0.481 e. The number of carboxylic acid groups (broad SMARTS) is 1. The molecule has 1 aromatic rings. The molecule has 0 saturated carbocycles. The molecule has 1 fully saturated rings. The van der Waals surface area contributed by atoms with Gasteiger partial charge in [-0.1, -0.05) is 26.0 Å². The lowest BCUT2D eigenvalue weighted by atomic mass is 9.84. The van der Waals surface area contributed by atoms with E-state index in [-0.39, 0.29) is 5.91 Å². The Balaban J connectivity index is 2.12. The molecule has 1 N–H and O–H groups in total. The summed E-state index contributed by atoms with van der Waals surface area (Å²) in [5.41, 5.74) is 1.06. The summed E-state index contributed by atoms with van der Waals surface area (Å²) in [6, 6.07) is 7.56. The molecule has 1 aliphatic rings. The zero-order valence-electron chi connectivity index (χ0n) is 12.1. The Morgan fingerprint density at radius 2 is 1.90 bits per heavy atom. The third kappa shape index (κ3) is 2.55. The molecule has 0 spiro atoms. The fraction of sp³-hybridized carbons (Fsp3) is 0.500. The van der Waals surface area contributed by atoms with Gasteiger partial charge in [0, 0.05) is 18.7 Å². The van der Waals surface area contributed by atoms with Crippen LogP contribution in [0.5, 0.6) is 0 Å². The summed E-state index contributed by atoms with van der Waals surface area (Å²) in [6.07, 6.45) is 2.04. The normalized spacial score (nSPS) is 22.0. The Morgan fingerprint density at radius 1 is 1.25 bits per heavy atom. The Labute approximate surface area is 119 Å². The maximum Gasteiger partial charge on any atom is 0.311 e. The van der Waals surface area contributed by atoms with Crippen LogP contribution in [0, 0.1) is 5.41 Å². The molecule has 20 heavy (non-hydrogen) atoms. The molecule has 1 aliphatic heterocycles. The zero-order chi connectivity index (χ0) is 14.8. The van der Waals surface area contributed by atoms with Gasteiger partial charge in [-0.15, -0.1) is 0 Å². The minimum absolute atomic E-state index is 0.0655. The lowest BCUT2D eigenvalue weighted by Gasteiger charge is -2.23. The molecule has 4 heteroatoms. The molecule has 1 saturated heterocycles. The van der Waals surface area contributed by atoms with Crippen LogP contribution in [0.2, 0.25) is 0 Å². The number of carbonyl (C=O) groups is 2. The average molecular weight is 275 g/mol. The van der Waals surface area contributed by atoms with Gasteiger partial charge in [0.05, 0.1) is 5.41 Å². The third-order valence-electron chi connectivity index (χ3n) is 4.38. The van der Waals surface area contributed by atoms with E-state index in [4.69, 9.17) is 0 Å². The second kappa shape index (κ2) is 5.65. The van der Waals surface area contributed by atoms with Crippen molar-refractivity contribution >= 4 is 11.9 Å². The van der Waals surface area contributed by atoms with Gasteiger partial charge >= 0.3 is 5.97 Å². The summed E-state index contributed by atoms with van der Waals surface area (Å²) in [7, 11) is 0. The van der Waals surface area contributed by atoms with Crippen molar-refractivity contribution in [1.82, 2.24) is 4.90 Å². The summed E-state index contributed by atoms with van der Waals surface area (Å²) in [6.45, 7) is 4.78. The first-order valence-corrected chi connectivity index (χ1v) is 7.14. The maximum atomic E-state index is 12.4. The van der Waals surface area contributed by atoms with Gasteiger partial charge in [0.1, 0.15) is 0 Å². The van der Waals surface area contributed by atoms with E-state index in [9.17, 15) is 14.7 Å². The van der Waals surface area contributed by atoms with E-state index in [0.29, 0.717) is 31.5 Å². The Bertz CT molecular complexity index is 509. The number of amides is 1. The van der Waals surface area contributed by atoms with E-state index < -0.39 is 11.4 Å². The smallest absolute Gasteiger partial charge is 0.311 e. The topological polar surface area (TPSA) is 57.6 Å². The van der Waals surface area contributed by atoms with E-state index in [1.54, 1.807) is 4.90 Å². The number of carbonyl (C=O) groups excluding carboxylic acids is 1. The molecule has 4 nitrogen and oxygen atoms in total. The van der Waals surface area contributed by atoms with Crippen molar-refractivity contribution in [2.75, 3.05) is 13.1 Å². The van der Waals surface area contributed by atoms with Gasteiger partial charge in [-0.25, -0.2) is 0 Å². The van der Waals surface area contributed by atoms with Crippen molar-refractivity contribution in [2.45, 2.75) is 33.1 Å². The predicted molar refractivity (Wildman–Crippen MR) is 76.7 cm³/mol. The number of aliphatic carboxylic acids is 1. The predicted octanol–water partition coefficient (Wildman–Crippen LogP) is 2.58. The molecule has 1 unspecified atom stereocenters. The molecule has 2 rings (SSSR count). The highest BCUT2D eigenvalue weighted by Gasteiger charge is 2.44. The molecule has 0 radical (unpaired) electrons. The van der Waals surface area contributed by atoms with Crippen LogP contribution in [-0.4, -0.2) is 35.0 Å². The van der Waals surface area contributed by atoms with E-state index in [1.807, 2.05) is 31.2 Å². The fourth-order valence-electron chi connectivity index (χ4n) is 2.73. The van der Waals surface area contributed by atoms with Gasteiger partial charge in [0.15, 0.2) is 0 Å². The van der Waals surface area contributed by atoms with Crippen LogP contribution in [0.3, 0.4) is 0 Å². The molecular weight excluding hydrogens is 254 g/mol. The molecule has 1 heterocycles. The highest BCUT2D eigenvalue weighted by Crippen LogP contribution is 2.34. The number of aryl methyl sites for hydroxylation is 1. The van der Waals surface area contributed by atoms with Crippen LogP contribution in [0.4, 0.5) is 0 Å². The van der Waals surface area contributed by atoms with Gasteiger partial charge in [-0.3, -0.25) is 9.59 Å². The fourth-order valence-corrected chi connectivity index (χ4v) is 2.73. The van der Waals surface area contributed by atoms with Crippen LogP contribution < -0.4 is 0 Å². The number of carboxylic acids is 1. The standard InChI is InChI=1S/C16H21NO3/c1-3-12-5-7-13(8-6-12)14(18)17-10-9-16(4-2,11-17)15(19)20/h5-8H,3-4,9-11H2,1-2H3,(H,19,20). The second-order valence-corrected chi connectivity index (χ2v) is 5.47. The Hall–Kier alpha value is -1.84. The van der Waals surface area contributed by atoms with E-state index in [0.717, 1.165) is 6.42 Å². The van der Waals surface area contributed by atoms with Gasteiger partial charge in [-0.05, 0) is 37.0 Å². The van der Waals surface area contributed by atoms with E-state index in [1.165, 1.54) is 5.56 Å². The molecule has 0 bridgehead atoms. The van der Waals surface area contributed by atoms with E-state index >= 15 is 0 Å². The first kappa shape index (κ1) is 14.6. The zero-order valence-corrected chi connectivity index (χ0v) is 12.1. The minimum Gasteiger partial charge on any atom is -0.481 e. The van der Waals surface area contributed by atoms with Gasteiger partial charge in [-0.2, -0.15) is 0 Å². The van der Waals surface area contributed by atoms with Crippen molar-refractivity contribution in [1.29, 1.82) is 0 Å². The van der Waals surface area contributed by atoms with Crippen molar-refractivity contribution < 1.29 is 14.7 Å². The second-order valence-electron chi connectivity index (χ2n) is 5.47. The minimum atomic E-state index is -0.795. The quantitative estimate of drug-likeness (QED) is 0.918. The summed E-state index contributed by atoms with van der Waals surface area (Å²) in [5, 5.41) is 9.36. The first-order chi connectivity index (χ1) is 9.52. The molecule has 1 amide bonds. The number of hydrogen-bond donors (Lipinski definition) is 1. The lowest BCUT2D eigenvalue weighted by molar-refractivity contribution is -0.148. The van der Waals surface area contributed by atoms with Crippen molar-refractivity contribution in [3.8, 4) is 0 Å². The molecule has 0 aliphatic carbocycles. The number of nitrogens with zero attached hydrogens (tertiary/aromatic N) is 1. The number of hydrogen-bond acceptors (Lipinski definition) is 2. The number of likely N-dealkylation sites (tertiary alicyclic amines) is 1. The summed E-state index contributed by atoms with van der Waals surface area (Å²) >= 11 is 0.